The second kappa shape index (κ2) is 25.4. The predicted octanol–water partition coefficient (Wildman–Crippen LogP) is -11.4. The fourth-order valence-electron chi connectivity index (χ4n) is 0. The second-order valence-corrected chi connectivity index (χ2v) is 1.29. The van der Waals surface area contributed by atoms with Crippen molar-refractivity contribution in [2.75, 3.05) is 0 Å². The first-order valence-corrected chi connectivity index (χ1v) is 2.99. The van der Waals surface area contributed by atoms with E-state index in [9.17, 15) is 0 Å². The summed E-state index contributed by atoms with van der Waals surface area (Å²) in [6.07, 6.45) is 0. The molecule has 0 fully saturated rings. The topological polar surface area (TPSA) is 257 Å². The molecule has 0 rings (SSSR count). The minimum atomic E-state index is -2.92. The molecule has 0 heterocycles. The van der Waals surface area contributed by atoms with Gasteiger partial charge in [0.1, 0.15) is 0 Å². The first-order chi connectivity index (χ1) is 6.93. The molecule has 0 aromatic carbocycles. The summed E-state index contributed by atoms with van der Waals surface area (Å²) in [5.74, 6) is 0. The Morgan fingerprint density at radius 2 is 0.529 bits per heavy atom. The molecular formula is H7B4NbO12. The van der Waals surface area contributed by atoms with Crippen LogP contribution in [0.3, 0.4) is 0 Å². The number of hydrogen-bond acceptors (Lipinski definition) is 12. The van der Waals surface area contributed by atoms with Crippen LogP contribution < -0.4 is 25.1 Å². The summed E-state index contributed by atoms with van der Waals surface area (Å²) in [6, 6.07) is 0. The van der Waals surface area contributed by atoms with Crippen LogP contribution in [0.4, 0.5) is 0 Å². The van der Waals surface area contributed by atoms with Gasteiger partial charge in [0.15, 0.2) is 0 Å². The molecule has 0 aromatic rings. The number of hydrogen-bond donors (Lipinski definition) is 7. The van der Waals surface area contributed by atoms with Gasteiger partial charge in [0.25, 0.3) is 0 Å². The van der Waals surface area contributed by atoms with Crippen molar-refractivity contribution in [1.29, 1.82) is 0 Å². The Morgan fingerprint density at radius 1 is 0.529 bits per heavy atom. The molecular weight excluding hydrogens is 328 g/mol. The van der Waals surface area contributed by atoms with E-state index in [1.54, 1.807) is 0 Å². The van der Waals surface area contributed by atoms with Crippen LogP contribution >= 0.6 is 0 Å². The minimum Gasteiger partial charge on any atom is -0.907 e. The molecule has 0 aromatic heterocycles. The molecule has 0 spiro atoms. The minimum absolute atomic E-state index is 0. The zero-order chi connectivity index (χ0) is 14.3. The van der Waals surface area contributed by atoms with Gasteiger partial charge in [-0.15, -0.1) is 0 Å². The van der Waals surface area contributed by atoms with Crippen molar-refractivity contribution in [1.82, 2.24) is 0 Å². The maximum absolute atomic E-state index is 8.53. The Kier molecular flexibility index (Phi) is 45.5. The van der Waals surface area contributed by atoms with E-state index in [0.717, 1.165) is 0 Å². The van der Waals surface area contributed by atoms with E-state index in [2.05, 4.69) is 0 Å². The molecule has 12 nitrogen and oxygen atoms in total. The average molecular weight is 335 g/mol. The molecule has 96 valence electrons. The summed E-state index contributed by atoms with van der Waals surface area (Å²) in [5, 5.41) is 92.3. The normalized spacial score (nSPS) is 6.35. The van der Waals surface area contributed by atoms with Gasteiger partial charge < -0.3 is 60.3 Å². The Labute approximate surface area is 112 Å². The van der Waals surface area contributed by atoms with E-state index in [1.807, 2.05) is 0 Å². The fourth-order valence-corrected chi connectivity index (χ4v) is 0. The first-order valence-electron chi connectivity index (χ1n) is 2.99. The number of rotatable bonds is 0. The monoisotopic (exact) mass is 336 g/mol. The van der Waals surface area contributed by atoms with Gasteiger partial charge in [0, 0.05) is 0 Å². The molecule has 0 unspecified atom stereocenters. The van der Waals surface area contributed by atoms with Gasteiger partial charge in [-0.25, -0.2) is 0 Å². The van der Waals surface area contributed by atoms with E-state index in [4.69, 9.17) is 60.3 Å². The zero-order valence-corrected chi connectivity index (χ0v) is 10.1. The molecule has 0 aliphatic rings. The van der Waals surface area contributed by atoms with E-state index in [0.29, 0.717) is 0 Å². The largest absolute Gasteiger partial charge is 5.00 e. The van der Waals surface area contributed by atoms with Crippen LogP contribution in [0.25, 0.3) is 0 Å². The van der Waals surface area contributed by atoms with Gasteiger partial charge >= 0.3 is 37.0 Å². The third-order valence-corrected chi connectivity index (χ3v) is 0. The van der Waals surface area contributed by atoms with E-state index in [-0.39, 0.29) is 22.4 Å². The van der Waals surface area contributed by atoms with Crippen molar-refractivity contribution >= 4 is 29.3 Å². The van der Waals surface area contributed by atoms with Gasteiger partial charge in [-0.3, -0.25) is 7.32 Å². The Morgan fingerprint density at radius 3 is 0.529 bits per heavy atom. The summed E-state index contributed by atoms with van der Waals surface area (Å²) >= 11 is 0. The van der Waals surface area contributed by atoms with Gasteiger partial charge in [-0.2, -0.15) is 0 Å². The molecule has 0 aliphatic carbocycles. The molecule has 0 bridgehead atoms. The summed E-state index contributed by atoms with van der Waals surface area (Å²) in [4.78, 5) is 0. The van der Waals surface area contributed by atoms with Crippen LogP contribution in [0.15, 0.2) is 0 Å². The third-order valence-electron chi connectivity index (χ3n) is 0. The Bertz CT molecular complexity index is 61.5. The van der Waals surface area contributed by atoms with E-state index < -0.39 is 29.3 Å². The molecule has 0 aliphatic heterocycles. The molecule has 17 heavy (non-hydrogen) atoms. The SMILES string of the molecule is OB(O)O.OB(O)O.[Nb+5].[O-]B([O-])O.[O-]B([O-])[O-]. The van der Waals surface area contributed by atoms with Crippen LogP contribution in [0.1, 0.15) is 0 Å². The molecule has 7 N–H and O–H groups in total. The maximum Gasteiger partial charge on any atom is 5.00 e. The Hall–Kier alpha value is 0.520. The quantitative estimate of drug-likeness (QED) is 0.203. The van der Waals surface area contributed by atoms with E-state index >= 15 is 0 Å². The van der Waals surface area contributed by atoms with Crippen molar-refractivity contribution in [2.24, 2.45) is 0 Å². The van der Waals surface area contributed by atoms with Crippen LogP contribution in [0, 0.1) is 0 Å². The molecule has 0 saturated heterocycles. The fraction of sp³-hybridized carbons (Fsp3) is 0. The summed E-state index contributed by atoms with van der Waals surface area (Å²) in [6.45, 7) is 0. The molecule has 0 atom stereocenters. The van der Waals surface area contributed by atoms with Crippen molar-refractivity contribution in [3.8, 4) is 0 Å². The van der Waals surface area contributed by atoms with Gasteiger partial charge in [0.05, 0.1) is 7.32 Å². The van der Waals surface area contributed by atoms with Crippen molar-refractivity contribution in [2.45, 2.75) is 0 Å². The first kappa shape index (κ1) is 30.5. The molecule has 17 heteroatoms. The van der Waals surface area contributed by atoms with Gasteiger partial charge in [0.2, 0.25) is 0 Å². The maximum atomic E-state index is 8.53. The molecule has 0 saturated carbocycles. The van der Waals surface area contributed by atoms with Crippen LogP contribution in [0.5, 0.6) is 0 Å². The second-order valence-electron chi connectivity index (χ2n) is 1.29. The van der Waals surface area contributed by atoms with Gasteiger partial charge in [-0.1, -0.05) is 0 Å². The van der Waals surface area contributed by atoms with E-state index in [1.165, 1.54) is 0 Å². The van der Waals surface area contributed by atoms with Crippen molar-refractivity contribution in [3.63, 3.8) is 0 Å². The zero-order valence-electron chi connectivity index (χ0n) is 7.93. The standard InChI is InChI=1S/2BH3O3.BHO3.BO3.Nb/c4*2-1(3)4;/h2*2-4H;2H;;/q;;-2;-3;+5. The molecule has 0 radical (unpaired) electrons. The third kappa shape index (κ3) is 12900. The van der Waals surface area contributed by atoms with Crippen LogP contribution in [-0.2, 0) is 22.4 Å². The summed E-state index contributed by atoms with van der Waals surface area (Å²) in [5.41, 5.74) is 0. The molecule has 0 amide bonds. The van der Waals surface area contributed by atoms with Crippen LogP contribution in [0.2, 0.25) is 0 Å². The summed E-state index contributed by atoms with van der Waals surface area (Å²) < 4.78 is 0. The summed E-state index contributed by atoms with van der Waals surface area (Å²) in [7, 11) is -9.92. The van der Waals surface area contributed by atoms with Crippen molar-refractivity contribution in [3.05, 3.63) is 0 Å². The predicted molar refractivity (Wildman–Crippen MR) is 38.5 cm³/mol. The smallest absolute Gasteiger partial charge is 0.907 e. The van der Waals surface area contributed by atoms with Crippen molar-refractivity contribution < 1.29 is 82.7 Å². The van der Waals surface area contributed by atoms with Gasteiger partial charge in [-0.05, 0) is 0 Å². The van der Waals surface area contributed by atoms with Crippen LogP contribution in [-0.4, -0.2) is 64.5 Å². The average Bonchev–Trinajstić information content (AvgIpc) is 1.76. The Balaban J connectivity index is -0.0000000369.